The predicted molar refractivity (Wildman–Crippen MR) is 77.6 cm³/mol. The van der Waals surface area contributed by atoms with Crippen molar-refractivity contribution >= 4 is 33.1 Å². The number of nitro groups is 1. The van der Waals surface area contributed by atoms with Crippen molar-refractivity contribution in [2.24, 2.45) is 10.9 Å². The highest BCUT2D eigenvalue weighted by atomic mass is 32.1. The third-order valence-electron chi connectivity index (χ3n) is 2.89. The molecule has 106 valence electrons. The van der Waals surface area contributed by atoms with Gasteiger partial charge in [0, 0.05) is 24.6 Å². The van der Waals surface area contributed by atoms with Gasteiger partial charge in [0.25, 0.3) is 11.6 Å². The first-order chi connectivity index (χ1) is 9.43. The van der Waals surface area contributed by atoms with Crippen LogP contribution in [-0.4, -0.2) is 15.4 Å². The zero-order valence-corrected chi connectivity index (χ0v) is 12.3. The van der Waals surface area contributed by atoms with Crippen LogP contribution < -0.4 is 4.80 Å². The molecule has 0 aliphatic carbocycles. The van der Waals surface area contributed by atoms with E-state index in [1.165, 1.54) is 23.5 Å². The molecule has 1 aromatic heterocycles. The van der Waals surface area contributed by atoms with E-state index in [0.717, 1.165) is 10.2 Å². The molecule has 1 amide bonds. The molecule has 0 bridgehead atoms. The fourth-order valence-corrected chi connectivity index (χ4v) is 2.86. The van der Waals surface area contributed by atoms with E-state index >= 15 is 0 Å². The SMILES string of the molecule is CCn1c(=NC(=O)C(C)C)sc2ccc([N+](=O)[O-])cc21. The van der Waals surface area contributed by atoms with Crippen LogP contribution in [0.5, 0.6) is 0 Å². The summed E-state index contributed by atoms with van der Waals surface area (Å²) in [5.41, 5.74) is 0.779. The third kappa shape index (κ3) is 2.62. The molecule has 0 N–H and O–H groups in total. The lowest BCUT2D eigenvalue weighted by Crippen LogP contribution is -2.17. The first kappa shape index (κ1) is 14.4. The van der Waals surface area contributed by atoms with Crippen LogP contribution in [0.25, 0.3) is 10.2 Å². The summed E-state index contributed by atoms with van der Waals surface area (Å²) in [6.45, 7) is 6.11. The Hall–Kier alpha value is -2.02. The number of carbonyl (C=O) groups excluding carboxylic acids is 1. The smallest absolute Gasteiger partial charge is 0.271 e. The fraction of sp³-hybridized carbons (Fsp3) is 0.385. The minimum Gasteiger partial charge on any atom is -0.316 e. The first-order valence-corrected chi connectivity index (χ1v) is 7.12. The van der Waals surface area contributed by atoms with Gasteiger partial charge in [-0.05, 0) is 13.0 Å². The Balaban J connectivity index is 2.69. The lowest BCUT2D eigenvalue weighted by Gasteiger charge is -2.00. The van der Waals surface area contributed by atoms with E-state index in [-0.39, 0.29) is 17.5 Å². The minimum atomic E-state index is -0.423. The van der Waals surface area contributed by atoms with Crippen LogP contribution in [0.2, 0.25) is 0 Å². The summed E-state index contributed by atoms with van der Waals surface area (Å²) in [6, 6.07) is 4.68. The molecule has 20 heavy (non-hydrogen) atoms. The Kier molecular flexibility index (Phi) is 3.99. The summed E-state index contributed by atoms with van der Waals surface area (Å²) in [7, 11) is 0. The van der Waals surface area contributed by atoms with Crippen LogP contribution in [0.15, 0.2) is 23.2 Å². The van der Waals surface area contributed by atoms with Crippen molar-refractivity contribution in [1.82, 2.24) is 4.57 Å². The van der Waals surface area contributed by atoms with Gasteiger partial charge in [-0.25, -0.2) is 0 Å². The molecule has 0 saturated carbocycles. The molecule has 2 aromatic rings. The molecular weight excluding hydrogens is 278 g/mol. The molecule has 7 heteroatoms. The zero-order chi connectivity index (χ0) is 14.9. The van der Waals surface area contributed by atoms with Crippen LogP contribution in [0.1, 0.15) is 20.8 Å². The number of thiazole rings is 1. The van der Waals surface area contributed by atoms with Gasteiger partial charge < -0.3 is 4.57 Å². The Morgan fingerprint density at radius 3 is 2.75 bits per heavy atom. The number of hydrogen-bond acceptors (Lipinski definition) is 4. The highest BCUT2D eigenvalue weighted by Crippen LogP contribution is 2.23. The number of benzene rings is 1. The number of rotatable bonds is 3. The number of hydrogen-bond donors (Lipinski definition) is 0. The van der Waals surface area contributed by atoms with E-state index in [0.29, 0.717) is 11.3 Å². The minimum absolute atomic E-state index is 0.0410. The maximum absolute atomic E-state index is 11.8. The molecule has 0 atom stereocenters. The average molecular weight is 293 g/mol. The highest BCUT2D eigenvalue weighted by molar-refractivity contribution is 7.16. The number of non-ortho nitro benzene ring substituents is 1. The topological polar surface area (TPSA) is 77.5 Å². The molecular formula is C13H15N3O3S. The number of aryl methyl sites for hydroxylation is 1. The number of aromatic nitrogens is 1. The van der Waals surface area contributed by atoms with Gasteiger partial charge in [-0.3, -0.25) is 14.9 Å². The summed E-state index contributed by atoms with van der Waals surface area (Å²) in [4.78, 5) is 26.9. The molecule has 1 aromatic carbocycles. The van der Waals surface area contributed by atoms with E-state index in [1.54, 1.807) is 19.9 Å². The molecule has 1 heterocycles. The monoisotopic (exact) mass is 293 g/mol. The maximum atomic E-state index is 11.8. The molecule has 0 spiro atoms. The van der Waals surface area contributed by atoms with Gasteiger partial charge in [-0.15, -0.1) is 0 Å². The van der Waals surface area contributed by atoms with E-state index < -0.39 is 4.92 Å². The normalized spacial score (nSPS) is 12.3. The second kappa shape index (κ2) is 5.54. The Morgan fingerprint density at radius 2 is 2.20 bits per heavy atom. The van der Waals surface area contributed by atoms with Crippen molar-refractivity contribution in [2.75, 3.05) is 0 Å². The van der Waals surface area contributed by atoms with Crippen molar-refractivity contribution in [3.05, 3.63) is 33.1 Å². The van der Waals surface area contributed by atoms with Gasteiger partial charge >= 0.3 is 0 Å². The van der Waals surface area contributed by atoms with Gasteiger partial charge in [-0.2, -0.15) is 4.99 Å². The van der Waals surface area contributed by atoms with E-state index in [9.17, 15) is 14.9 Å². The summed E-state index contributed by atoms with van der Waals surface area (Å²) in [5.74, 6) is -0.354. The van der Waals surface area contributed by atoms with Crippen LogP contribution >= 0.6 is 11.3 Å². The summed E-state index contributed by atoms with van der Waals surface area (Å²) in [5, 5.41) is 10.8. The van der Waals surface area contributed by atoms with Gasteiger partial charge in [0.05, 0.1) is 15.1 Å². The lowest BCUT2D eigenvalue weighted by molar-refractivity contribution is -0.384. The van der Waals surface area contributed by atoms with Crippen LogP contribution in [0.3, 0.4) is 0 Å². The van der Waals surface area contributed by atoms with Crippen molar-refractivity contribution in [3.63, 3.8) is 0 Å². The first-order valence-electron chi connectivity index (χ1n) is 6.30. The number of carbonyl (C=O) groups is 1. The van der Waals surface area contributed by atoms with Gasteiger partial charge in [0.2, 0.25) is 0 Å². The highest BCUT2D eigenvalue weighted by Gasteiger charge is 2.12. The number of fused-ring (bicyclic) bond motifs is 1. The van der Waals surface area contributed by atoms with Crippen molar-refractivity contribution in [2.45, 2.75) is 27.3 Å². The average Bonchev–Trinajstić information content (AvgIpc) is 2.74. The second-order valence-electron chi connectivity index (χ2n) is 4.64. The Bertz CT molecular complexity index is 743. The predicted octanol–water partition coefficient (Wildman–Crippen LogP) is 2.71. The molecule has 6 nitrogen and oxygen atoms in total. The van der Waals surface area contributed by atoms with E-state index in [2.05, 4.69) is 4.99 Å². The Morgan fingerprint density at radius 1 is 1.50 bits per heavy atom. The molecule has 0 saturated heterocycles. The molecule has 0 unspecified atom stereocenters. The van der Waals surface area contributed by atoms with Crippen LogP contribution in [0.4, 0.5) is 5.69 Å². The maximum Gasteiger partial charge on any atom is 0.271 e. The molecule has 2 rings (SSSR count). The van der Waals surface area contributed by atoms with Crippen molar-refractivity contribution in [3.8, 4) is 0 Å². The molecule has 0 aliphatic heterocycles. The summed E-state index contributed by atoms with van der Waals surface area (Å²) in [6.07, 6.45) is 0. The third-order valence-corrected chi connectivity index (χ3v) is 3.95. The van der Waals surface area contributed by atoms with Gasteiger partial charge in [0.15, 0.2) is 4.80 Å². The largest absolute Gasteiger partial charge is 0.316 e. The zero-order valence-electron chi connectivity index (χ0n) is 11.5. The lowest BCUT2D eigenvalue weighted by atomic mass is 10.2. The van der Waals surface area contributed by atoms with Crippen molar-refractivity contribution in [1.29, 1.82) is 0 Å². The Labute approximate surface area is 119 Å². The number of nitrogens with zero attached hydrogens (tertiary/aromatic N) is 3. The standard InChI is InChI=1S/C13H15N3O3S/c1-4-15-10-7-9(16(18)19)5-6-11(10)20-13(15)14-12(17)8(2)3/h5-8H,4H2,1-3H3. The molecule has 0 radical (unpaired) electrons. The number of nitro benzene ring substituents is 1. The fourth-order valence-electron chi connectivity index (χ4n) is 1.79. The number of amides is 1. The van der Waals surface area contributed by atoms with Crippen LogP contribution in [-0.2, 0) is 11.3 Å². The molecule has 0 fully saturated rings. The van der Waals surface area contributed by atoms with E-state index in [1.807, 2.05) is 11.5 Å². The summed E-state index contributed by atoms with van der Waals surface area (Å²) < 4.78 is 2.71. The molecule has 0 aliphatic rings. The quantitative estimate of drug-likeness (QED) is 0.644. The van der Waals surface area contributed by atoms with Crippen LogP contribution in [0, 0.1) is 16.0 Å². The van der Waals surface area contributed by atoms with Gasteiger partial charge in [-0.1, -0.05) is 25.2 Å². The van der Waals surface area contributed by atoms with E-state index in [4.69, 9.17) is 0 Å². The second-order valence-corrected chi connectivity index (χ2v) is 5.65. The van der Waals surface area contributed by atoms with Crippen molar-refractivity contribution < 1.29 is 9.72 Å². The summed E-state index contributed by atoms with van der Waals surface area (Å²) >= 11 is 1.37. The van der Waals surface area contributed by atoms with Gasteiger partial charge in [0.1, 0.15) is 0 Å².